The number of benzene rings is 1. The molecule has 1 aromatic carbocycles. The fraction of sp³-hybridized carbons (Fsp3) is 0.154. The molecule has 104 valence electrons. The van der Waals surface area contributed by atoms with Crippen LogP contribution in [0.3, 0.4) is 0 Å². The summed E-state index contributed by atoms with van der Waals surface area (Å²) in [4.78, 5) is 28.6. The summed E-state index contributed by atoms with van der Waals surface area (Å²) in [5.74, 6) is -0.532. The van der Waals surface area contributed by atoms with E-state index in [1.54, 1.807) is 12.1 Å². The van der Waals surface area contributed by atoms with Crippen LogP contribution in [0.4, 0.5) is 5.82 Å². The molecule has 0 aliphatic rings. The minimum Gasteiger partial charge on any atom is -0.489 e. The summed E-state index contributed by atoms with van der Waals surface area (Å²) in [6.45, 7) is 0.396. The minimum absolute atomic E-state index is 0.106. The van der Waals surface area contributed by atoms with Crippen molar-refractivity contribution in [3.8, 4) is 5.75 Å². The first kappa shape index (κ1) is 13.6. The largest absolute Gasteiger partial charge is 0.489 e. The van der Waals surface area contributed by atoms with Gasteiger partial charge >= 0.3 is 5.97 Å². The Bertz CT molecular complexity index is 664. The first-order chi connectivity index (χ1) is 9.61. The number of aromatic amines is 1. The molecule has 0 aliphatic carbocycles. The van der Waals surface area contributed by atoms with E-state index >= 15 is 0 Å². The van der Waals surface area contributed by atoms with Gasteiger partial charge in [-0.15, -0.1) is 0 Å². The summed E-state index contributed by atoms with van der Waals surface area (Å²) in [5.41, 5.74) is 0.714. The molecule has 7 heteroatoms. The summed E-state index contributed by atoms with van der Waals surface area (Å²) in [5, 5.41) is 11.8. The molecular weight excluding hydrogens is 262 g/mol. The SMILES string of the molecule is COc1c(NCc2ccc(C(=O)O)cc2)nc[nH]c1=O. The standard InChI is InChI=1S/C13H13N3O4/c1-20-10-11(15-7-16-12(10)17)14-6-8-2-4-9(5-3-8)13(18)19/h2-5,7H,6H2,1H3,(H,18,19)(H2,14,15,16,17). The number of carboxylic acids is 1. The monoisotopic (exact) mass is 275 g/mol. The van der Waals surface area contributed by atoms with E-state index in [1.165, 1.54) is 25.6 Å². The molecule has 0 bridgehead atoms. The Labute approximate surface area is 114 Å². The molecule has 2 rings (SSSR count). The van der Waals surface area contributed by atoms with E-state index in [2.05, 4.69) is 15.3 Å². The van der Waals surface area contributed by atoms with Crippen LogP contribution >= 0.6 is 0 Å². The summed E-state index contributed by atoms with van der Waals surface area (Å²) in [6, 6.07) is 6.41. The van der Waals surface area contributed by atoms with Gasteiger partial charge in [0.15, 0.2) is 5.82 Å². The van der Waals surface area contributed by atoms with Gasteiger partial charge in [0.05, 0.1) is 19.0 Å². The van der Waals surface area contributed by atoms with E-state index in [1.807, 2.05) is 0 Å². The van der Waals surface area contributed by atoms with Crippen molar-refractivity contribution < 1.29 is 14.6 Å². The molecule has 0 saturated heterocycles. The highest BCUT2D eigenvalue weighted by atomic mass is 16.5. The molecule has 0 spiro atoms. The molecule has 1 aromatic heterocycles. The molecule has 20 heavy (non-hydrogen) atoms. The first-order valence-corrected chi connectivity index (χ1v) is 5.79. The molecule has 0 saturated carbocycles. The van der Waals surface area contributed by atoms with Crippen molar-refractivity contribution in [3.05, 3.63) is 52.1 Å². The van der Waals surface area contributed by atoms with Crippen LogP contribution in [0.1, 0.15) is 15.9 Å². The molecule has 0 radical (unpaired) electrons. The second-order valence-electron chi connectivity index (χ2n) is 3.97. The van der Waals surface area contributed by atoms with Crippen LogP contribution in [0.25, 0.3) is 0 Å². The van der Waals surface area contributed by atoms with Crippen LogP contribution in [-0.4, -0.2) is 28.2 Å². The molecule has 7 nitrogen and oxygen atoms in total. The number of ether oxygens (including phenoxy) is 1. The number of aromatic nitrogens is 2. The third-order valence-electron chi connectivity index (χ3n) is 2.68. The zero-order chi connectivity index (χ0) is 14.5. The van der Waals surface area contributed by atoms with Gasteiger partial charge in [-0.1, -0.05) is 12.1 Å². The second-order valence-corrected chi connectivity index (χ2v) is 3.97. The smallest absolute Gasteiger partial charge is 0.335 e. The maximum atomic E-state index is 11.5. The molecule has 0 fully saturated rings. The first-order valence-electron chi connectivity index (χ1n) is 5.79. The van der Waals surface area contributed by atoms with Crippen molar-refractivity contribution in [2.24, 2.45) is 0 Å². The zero-order valence-corrected chi connectivity index (χ0v) is 10.7. The number of rotatable bonds is 5. The van der Waals surface area contributed by atoms with Crippen LogP contribution in [0.5, 0.6) is 5.75 Å². The summed E-state index contributed by atoms with van der Waals surface area (Å²) in [6.07, 6.45) is 1.28. The number of aromatic carboxylic acids is 1. The Kier molecular flexibility index (Phi) is 3.99. The molecule has 0 unspecified atom stereocenters. The van der Waals surface area contributed by atoms with E-state index in [4.69, 9.17) is 9.84 Å². The van der Waals surface area contributed by atoms with Gasteiger partial charge < -0.3 is 20.1 Å². The van der Waals surface area contributed by atoms with Gasteiger partial charge in [-0.3, -0.25) is 4.79 Å². The molecule has 0 atom stereocenters. The number of anilines is 1. The lowest BCUT2D eigenvalue weighted by molar-refractivity contribution is 0.0697. The van der Waals surface area contributed by atoms with Crippen molar-refractivity contribution in [3.63, 3.8) is 0 Å². The van der Waals surface area contributed by atoms with Gasteiger partial charge in [-0.25, -0.2) is 9.78 Å². The number of hydrogen-bond acceptors (Lipinski definition) is 5. The number of hydrogen-bond donors (Lipinski definition) is 3. The van der Waals surface area contributed by atoms with Gasteiger partial charge in [0.1, 0.15) is 0 Å². The lowest BCUT2D eigenvalue weighted by atomic mass is 10.1. The predicted octanol–water partition coefficient (Wildman–Crippen LogP) is 1.09. The highest BCUT2D eigenvalue weighted by molar-refractivity contribution is 5.87. The molecule has 0 amide bonds. The summed E-state index contributed by atoms with van der Waals surface area (Å²) >= 11 is 0. The topological polar surface area (TPSA) is 104 Å². The van der Waals surface area contributed by atoms with E-state index in [9.17, 15) is 9.59 Å². The minimum atomic E-state index is -0.970. The van der Waals surface area contributed by atoms with Gasteiger partial charge in [0.25, 0.3) is 5.56 Å². The third kappa shape index (κ3) is 2.94. The number of carbonyl (C=O) groups is 1. The van der Waals surface area contributed by atoms with Crippen LogP contribution in [0, 0.1) is 0 Å². The van der Waals surface area contributed by atoms with Crippen molar-refractivity contribution in [2.45, 2.75) is 6.54 Å². The fourth-order valence-corrected chi connectivity index (χ4v) is 1.65. The van der Waals surface area contributed by atoms with Gasteiger partial charge in [0, 0.05) is 6.54 Å². The van der Waals surface area contributed by atoms with Crippen LogP contribution < -0.4 is 15.6 Å². The number of carboxylic acid groups (broad SMARTS) is 1. The van der Waals surface area contributed by atoms with E-state index in [-0.39, 0.29) is 16.9 Å². The van der Waals surface area contributed by atoms with E-state index < -0.39 is 5.97 Å². The number of nitrogens with zero attached hydrogens (tertiary/aromatic N) is 1. The van der Waals surface area contributed by atoms with Gasteiger partial charge in [0.2, 0.25) is 5.75 Å². The normalized spacial score (nSPS) is 10.1. The van der Waals surface area contributed by atoms with Crippen molar-refractivity contribution in [2.75, 3.05) is 12.4 Å². The van der Waals surface area contributed by atoms with Crippen molar-refractivity contribution in [1.82, 2.24) is 9.97 Å². The lowest BCUT2D eigenvalue weighted by Crippen LogP contribution is -2.14. The molecule has 1 heterocycles. The third-order valence-corrected chi connectivity index (χ3v) is 2.68. The van der Waals surface area contributed by atoms with Crippen molar-refractivity contribution in [1.29, 1.82) is 0 Å². The van der Waals surface area contributed by atoms with Crippen LogP contribution in [-0.2, 0) is 6.54 Å². The summed E-state index contributed by atoms with van der Waals surface area (Å²) in [7, 11) is 1.39. The average Bonchev–Trinajstić information content (AvgIpc) is 2.45. The maximum absolute atomic E-state index is 11.5. The Balaban J connectivity index is 2.11. The molecular formula is C13H13N3O4. The Hall–Kier alpha value is -2.83. The van der Waals surface area contributed by atoms with Gasteiger partial charge in [-0.2, -0.15) is 0 Å². The molecule has 3 N–H and O–H groups in total. The van der Waals surface area contributed by atoms with Crippen LogP contribution in [0.2, 0.25) is 0 Å². The average molecular weight is 275 g/mol. The number of methoxy groups -OCH3 is 1. The summed E-state index contributed by atoms with van der Waals surface area (Å²) < 4.78 is 4.97. The zero-order valence-electron chi connectivity index (χ0n) is 10.7. The lowest BCUT2D eigenvalue weighted by Gasteiger charge is -2.08. The number of nitrogens with one attached hydrogen (secondary N) is 2. The second kappa shape index (κ2) is 5.87. The highest BCUT2D eigenvalue weighted by Gasteiger charge is 2.08. The Morgan fingerprint density at radius 1 is 1.40 bits per heavy atom. The maximum Gasteiger partial charge on any atom is 0.335 e. The van der Waals surface area contributed by atoms with Gasteiger partial charge in [-0.05, 0) is 17.7 Å². The number of H-pyrrole nitrogens is 1. The predicted molar refractivity (Wildman–Crippen MR) is 72.1 cm³/mol. The molecule has 2 aromatic rings. The highest BCUT2D eigenvalue weighted by Crippen LogP contribution is 2.15. The quantitative estimate of drug-likeness (QED) is 0.754. The van der Waals surface area contributed by atoms with E-state index in [0.717, 1.165) is 5.56 Å². The Morgan fingerprint density at radius 2 is 2.10 bits per heavy atom. The van der Waals surface area contributed by atoms with Crippen LogP contribution in [0.15, 0.2) is 35.4 Å². The van der Waals surface area contributed by atoms with E-state index in [0.29, 0.717) is 12.4 Å². The van der Waals surface area contributed by atoms with Crippen molar-refractivity contribution >= 4 is 11.8 Å². The fourth-order valence-electron chi connectivity index (χ4n) is 1.65. The molecule has 0 aliphatic heterocycles. The Morgan fingerprint density at radius 3 is 2.70 bits per heavy atom.